The molecule has 0 unspecified atom stereocenters. The number of ketones is 3. The average molecular weight is 587 g/mol. The van der Waals surface area contributed by atoms with Gasteiger partial charge in [0.05, 0.1) is 6.10 Å². The Labute approximate surface area is 250 Å². The fourth-order valence-corrected chi connectivity index (χ4v) is 9.58. The molecule has 0 spiro atoms. The number of allylic oxidation sites excluding steroid dienone is 2. The van der Waals surface area contributed by atoms with Crippen LogP contribution >= 0.6 is 0 Å². The van der Waals surface area contributed by atoms with Gasteiger partial charge in [-0.15, -0.1) is 0 Å². The van der Waals surface area contributed by atoms with Gasteiger partial charge in [0.15, 0.2) is 11.6 Å². The molecule has 0 radical (unpaired) electrons. The molecular weight excluding hydrogens is 536 g/mol. The first kappa shape index (κ1) is 32.7. The molecule has 4 aliphatic rings. The second-order valence-electron chi connectivity index (χ2n) is 15.4. The summed E-state index contributed by atoms with van der Waals surface area (Å²) in [7, 11) is 0. The van der Waals surface area contributed by atoms with E-state index < -0.39 is 56.8 Å². The molecular formula is C34H50O8. The van der Waals surface area contributed by atoms with Crippen molar-refractivity contribution in [2.24, 2.45) is 39.4 Å². The maximum Gasteiger partial charge on any atom is 0.306 e. The summed E-state index contributed by atoms with van der Waals surface area (Å²) in [6, 6.07) is 0. The van der Waals surface area contributed by atoms with Crippen molar-refractivity contribution < 1.29 is 39.2 Å². The Bertz CT molecular complexity index is 1240. The zero-order valence-electron chi connectivity index (χ0n) is 26.7. The molecule has 8 nitrogen and oxygen atoms in total. The molecule has 9 atom stereocenters. The topological polar surface area (TPSA) is 138 Å². The molecule has 234 valence electrons. The monoisotopic (exact) mass is 586 g/mol. The van der Waals surface area contributed by atoms with Crippen LogP contribution in [0.1, 0.15) is 101 Å². The van der Waals surface area contributed by atoms with E-state index in [4.69, 9.17) is 4.74 Å². The largest absolute Gasteiger partial charge is 0.455 e. The minimum Gasteiger partial charge on any atom is -0.455 e. The van der Waals surface area contributed by atoms with E-state index in [1.165, 1.54) is 19.1 Å². The van der Waals surface area contributed by atoms with E-state index in [1.54, 1.807) is 13.8 Å². The molecule has 0 saturated heterocycles. The summed E-state index contributed by atoms with van der Waals surface area (Å²) in [5.74, 6) is -2.72. The summed E-state index contributed by atoms with van der Waals surface area (Å²) >= 11 is 0. The smallest absolute Gasteiger partial charge is 0.306 e. The van der Waals surface area contributed by atoms with Crippen molar-refractivity contribution in [1.29, 1.82) is 0 Å². The molecule has 3 fully saturated rings. The third-order valence-corrected chi connectivity index (χ3v) is 12.0. The number of fused-ring (bicyclic) bond motifs is 5. The molecule has 42 heavy (non-hydrogen) atoms. The number of carbonyl (C=O) groups is 4. The summed E-state index contributed by atoms with van der Waals surface area (Å²) in [5, 5.41) is 34.2. The van der Waals surface area contributed by atoms with E-state index in [1.807, 2.05) is 34.6 Å². The summed E-state index contributed by atoms with van der Waals surface area (Å²) in [4.78, 5) is 52.9. The van der Waals surface area contributed by atoms with E-state index in [2.05, 4.69) is 13.0 Å². The van der Waals surface area contributed by atoms with E-state index in [0.29, 0.717) is 19.3 Å². The van der Waals surface area contributed by atoms with Crippen molar-refractivity contribution in [2.45, 2.75) is 124 Å². The number of hydrogen-bond acceptors (Lipinski definition) is 8. The molecule has 3 N–H and O–H groups in total. The number of aliphatic hydroxyl groups is 3. The van der Waals surface area contributed by atoms with Gasteiger partial charge >= 0.3 is 5.97 Å². The fraction of sp³-hybridized carbons (Fsp3) is 0.765. The molecule has 0 aliphatic heterocycles. The van der Waals surface area contributed by atoms with Gasteiger partial charge in [0.2, 0.25) is 0 Å². The van der Waals surface area contributed by atoms with Gasteiger partial charge in [-0.2, -0.15) is 0 Å². The number of carbonyl (C=O) groups excluding carboxylic acids is 4. The molecule has 0 bridgehead atoms. The Morgan fingerprint density at radius 2 is 1.69 bits per heavy atom. The molecule has 8 heteroatoms. The summed E-state index contributed by atoms with van der Waals surface area (Å²) in [5.41, 5.74) is -5.44. The second kappa shape index (κ2) is 10.2. The lowest BCUT2D eigenvalue weighted by atomic mass is 9.38. The minimum atomic E-state index is -1.99. The van der Waals surface area contributed by atoms with Crippen LogP contribution in [0.4, 0.5) is 0 Å². The number of esters is 1. The SMILES string of the molecule is CCCC(=O)OC(C)(C)/C=C/C(=O)[C@](C)(O)[C@H]1[C@H](O)C[C@@]2(C)[C@@H]3CC=C4[C@@H](C[C@H](O)C(=O)C4(C)C)[C@]3(C)C(=O)C[C@]12C. The Morgan fingerprint density at radius 1 is 1.07 bits per heavy atom. The van der Waals surface area contributed by atoms with Gasteiger partial charge in [0.25, 0.3) is 0 Å². The third-order valence-electron chi connectivity index (χ3n) is 12.0. The van der Waals surface area contributed by atoms with Gasteiger partial charge in [-0.1, -0.05) is 39.3 Å². The Balaban J connectivity index is 1.70. The highest BCUT2D eigenvalue weighted by molar-refractivity contribution is 5.98. The lowest BCUT2D eigenvalue weighted by Gasteiger charge is -2.64. The van der Waals surface area contributed by atoms with Crippen molar-refractivity contribution in [1.82, 2.24) is 0 Å². The Morgan fingerprint density at radius 3 is 2.29 bits per heavy atom. The van der Waals surface area contributed by atoms with Crippen molar-refractivity contribution in [3.63, 3.8) is 0 Å². The Hall–Kier alpha value is -2.16. The van der Waals surface area contributed by atoms with Gasteiger partial charge < -0.3 is 20.1 Å². The first-order valence-electron chi connectivity index (χ1n) is 15.4. The van der Waals surface area contributed by atoms with E-state index in [-0.39, 0.29) is 48.6 Å². The van der Waals surface area contributed by atoms with E-state index >= 15 is 0 Å². The minimum absolute atomic E-state index is 0.0257. The van der Waals surface area contributed by atoms with E-state index in [0.717, 1.165) is 5.57 Å². The molecule has 0 aromatic heterocycles. The third kappa shape index (κ3) is 4.58. The number of hydrogen-bond donors (Lipinski definition) is 3. The highest BCUT2D eigenvalue weighted by Gasteiger charge is 2.74. The van der Waals surface area contributed by atoms with Crippen LogP contribution in [0.3, 0.4) is 0 Å². The molecule has 3 saturated carbocycles. The molecule has 4 rings (SSSR count). The lowest BCUT2D eigenvalue weighted by Crippen LogP contribution is -2.65. The van der Waals surface area contributed by atoms with Crippen LogP contribution in [0, 0.1) is 39.4 Å². The first-order valence-corrected chi connectivity index (χ1v) is 15.4. The van der Waals surface area contributed by atoms with Crippen LogP contribution in [0.5, 0.6) is 0 Å². The normalized spacial score (nSPS) is 41.0. The van der Waals surface area contributed by atoms with Crippen molar-refractivity contribution >= 4 is 23.3 Å². The zero-order valence-corrected chi connectivity index (χ0v) is 26.7. The molecule has 4 aliphatic carbocycles. The lowest BCUT2D eigenvalue weighted by molar-refractivity contribution is -0.183. The van der Waals surface area contributed by atoms with Crippen LogP contribution in [-0.4, -0.2) is 62.0 Å². The summed E-state index contributed by atoms with van der Waals surface area (Å²) < 4.78 is 5.47. The van der Waals surface area contributed by atoms with Crippen LogP contribution in [-0.2, 0) is 23.9 Å². The zero-order chi connectivity index (χ0) is 31.8. The number of ether oxygens (including phenoxy) is 1. The van der Waals surface area contributed by atoms with Crippen LogP contribution in [0.25, 0.3) is 0 Å². The van der Waals surface area contributed by atoms with E-state index in [9.17, 15) is 34.5 Å². The van der Waals surface area contributed by atoms with Crippen LogP contribution in [0.2, 0.25) is 0 Å². The van der Waals surface area contributed by atoms with Gasteiger partial charge in [-0.05, 0) is 95.1 Å². The van der Waals surface area contributed by atoms with Crippen molar-refractivity contribution in [3.05, 3.63) is 23.8 Å². The molecule has 0 aromatic carbocycles. The molecule has 0 heterocycles. The molecule has 0 aromatic rings. The average Bonchev–Trinajstić information content (AvgIpc) is 3.06. The first-order chi connectivity index (χ1) is 19.1. The standard InChI is InChI=1S/C34H50O8/c1-10-11-26(39)42-29(2,3)15-14-24(37)34(9,41)27-22(36)17-31(6)23-13-12-19-20(16-21(35)28(40)30(19,4)5)33(23,8)25(38)18-32(27,31)7/h12,14-15,20-23,27,35-36,41H,10-11,13,16-18H2,1-9H3/b15-14+/t20-,21+,22-,23+,27+,31+,32-,33+,34+/m1/s1. The fourth-order valence-electron chi connectivity index (χ4n) is 9.58. The van der Waals surface area contributed by atoms with Crippen LogP contribution in [0.15, 0.2) is 23.8 Å². The highest BCUT2D eigenvalue weighted by atomic mass is 16.6. The quantitative estimate of drug-likeness (QED) is 0.228. The van der Waals surface area contributed by atoms with Crippen molar-refractivity contribution in [2.75, 3.05) is 0 Å². The predicted octanol–water partition coefficient (Wildman–Crippen LogP) is 4.28. The number of Topliss-reactive ketones (excluding diaryl/α,β-unsaturated/α-hetero) is 2. The summed E-state index contributed by atoms with van der Waals surface area (Å²) in [6.07, 6.45) is 4.51. The number of rotatable bonds is 7. The number of aliphatic hydroxyl groups excluding tert-OH is 2. The maximum atomic E-state index is 14.4. The Kier molecular flexibility index (Phi) is 7.95. The van der Waals surface area contributed by atoms with Gasteiger partial charge in [-0.25, -0.2) is 0 Å². The van der Waals surface area contributed by atoms with Gasteiger partial charge in [-0.3, -0.25) is 19.2 Å². The van der Waals surface area contributed by atoms with Crippen LogP contribution < -0.4 is 0 Å². The van der Waals surface area contributed by atoms with Gasteiger partial charge in [0, 0.05) is 29.6 Å². The maximum absolute atomic E-state index is 14.4. The van der Waals surface area contributed by atoms with Crippen molar-refractivity contribution in [3.8, 4) is 0 Å². The summed E-state index contributed by atoms with van der Waals surface area (Å²) in [6.45, 7) is 16.1. The van der Waals surface area contributed by atoms with Gasteiger partial charge in [0.1, 0.15) is 23.1 Å². The second-order valence-corrected chi connectivity index (χ2v) is 15.4. The predicted molar refractivity (Wildman–Crippen MR) is 157 cm³/mol. The highest BCUT2D eigenvalue weighted by Crippen LogP contribution is 2.74. The molecule has 0 amide bonds.